The third kappa shape index (κ3) is 12.6. The highest BCUT2D eigenvalue weighted by Gasteiger charge is 2.28. The van der Waals surface area contributed by atoms with E-state index in [2.05, 4.69) is 23.6 Å². The van der Waals surface area contributed by atoms with Gasteiger partial charge in [-0.15, -0.1) is 0 Å². The molecule has 7 heteroatoms. The normalized spacial score (nSPS) is 26.5. The third-order valence-electron chi connectivity index (χ3n) is 5.23. The number of carbonyl (C=O) groups is 2. The van der Waals surface area contributed by atoms with Gasteiger partial charge in [0.1, 0.15) is 11.2 Å². The number of carbonyl (C=O) groups excluding carboxylic acids is 2. The number of aliphatic hydroxyl groups is 1. The predicted octanol–water partition coefficient (Wildman–Crippen LogP) is 5.07. The topological polar surface area (TPSA) is 96.9 Å². The molecule has 0 heterocycles. The van der Waals surface area contributed by atoms with Gasteiger partial charge in [-0.1, -0.05) is 18.6 Å². The number of hydrogen-bond donors (Lipinski definition) is 3. The summed E-state index contributed by atoms with van der Waals surface area (Å²) in [5.41, 5.74) is 0.534. The summed E-state index contributed by atoms with van der Waals surface area (Å²) in [4.78, 5) is 23.0. The molecule has 0 spiro atoms. The van der Waals surface area contributed by atoms with Gasteiger partial charge in [-0.25, -0.2) is 9.59 Å². The molecule has 180 valence electrons. The van der Waals surface area contributed by atoms with Crippen molar-refractivity contribution in [3.63, 3.8) is 0 Å². The van der Waals surface area contributed by atoms with E-state index in [9.17, 15) is 14.7 Å². The molecule has 3 N–H and O–H groups in total. The molecule has 0 radical (unpaired) electrons. The molecule has 2 rings (SSSR count). The average molecular weight is 441 g/mol. The fourth-order valence-electron chi connectivity index (χ4n) is 3.47. The van der Waals surface area contributed by atoms with E-state index in [1.807, 2.05) is 48.5 Å². The number of allylic oxidation sites excluding steroid dienone is 1. The number of amides is 2. The lowest BCUT2D eigenvalue weighted by Crippen LogP contribution is -2.44. The fraction of sp³-hybridized carbons (Fsp3) is 0.833. The van der Waals surface area contributed by atoms with E-state index in [1.54, 1.807) is 0 Å². The molecule has 0 bridgehead atoms. The summed E-state index contributed by atoms with van der Waals surface area (Å²) >= 11 is 0. The van der Waals surface area contributed by atoms with Gasteiger partial charge in [-0.3, -0.25) is 0 Å². The molecular weight excluding hydrogens is 396 g/mol. The first-order chi connectivity index (χ1) is 14.1. The zero-order valence-corrected chi connectivity index (χ0v) is 20.7. The molecule has 1 saturated carbocycles. The van der Waals surface area contributed by atoms with Crippen molar-refractivity contribution in [1.29, 1.82) is 0 Å². The number of nitrogens with one attached hydrogen (secondary N) is 2. The Morgan fingerprint density at radius 3 is 1.87 bits per heavy atom. The smallest absolute Gasteiger partial charge is 0.407 e. The molecule has 4 atom stereocenters. The SMILES string of the molecule is CC1=CC[C@H](NC(=O)OC(C)(C)C)CC1.C[C@@H]1CC[C@@H](NC(=O)OC(C)(C)C)C[C@H]1O. The monoisotopic (exact) mass is 440 g/mol. The van der Waals surface area contributed by atoms with Crippen LogP contribution < -0.4 is 10.6 Å². The molecule has 0 saturated heterocycles. The average Bonchev–Trinajstić information content (AvgIpc) is 2.57. The number of rotatable bonds is 2. The second kappa shape index (κ2) is 11.7. The van der Waals surface area contributed by atoms with Crippen LogP contribution in [-0.4, -0.2) is 46.7 Å². The molecule has 2 aliphatic carbocycles. The van der Waals surface area contributed by atoms with Crippen LogP contribution >= 0.6 is 0 Å². The molecule has 0 aromatic carbocycles. The van der Waals surface area contributed by atoms with Crippen molar-refractivity contribution in [3.8, 4) is 0 Å². The molecule has 0 aliphatic heterocycles. The summed E-state index contributed by atoms with van der Waals surface area (Å²) in [7, 11) is 0. The van der Waals surface area contributed by atoms with Gasteiger partial charge in [0.05, 0.1) is 6.10 Å². The Hall–Kier alpha value is -1.76. The second-order valence-corrected chi connectivity index (χ2v) is 10.9. The van der Waals surface area contributed by atoms with Crippen LogP contribution in [0.4, 0.5) is 9.59 Å². The number of alkyl carbamates (subject to hydrolysis) is 2. The van der Waals surface area contributed by atoms with Crippen molar-refractivity contribution < 1.29 is 24.2 Å². The van der Waals surface area contributed by atoms with E-state index in [0.29, 0.717) is 12.3 Å². The maximum absolute atomic E-state index is 11.5. The maximum Gasteiger partial charge on any atom is 0.407 e. The van der Waals surface area contributed by atoms with Gasteiger partial charge in [0, 0.05) is 12.1 Å². The van der Waals surface area contributed by atoms with Crippen LogP contribution in [0.2, 0.25) is 0 Å². The van der Waals surface area contributed by atoms with E-state index in [-0.39, 0.29) is 30.4 Å². The van der Waals surface area contributed by atoms with Crippen LogP contribution in [0.3, 0.4) is 0 Å². The summed E-state index contributed by atoms with van der Waals surface area (Å²) in [6, 6.07) is 0.282. The highest BCUT2D eigenvalue weighted by atomic mass is 16.6. The standard InChI is InChI=1S/C12H23NO3.C12H21NO2/c1-8-5-6-9(7-10(8)14)13-11(15)16-12(2,3)4;1-9-5-7-10(8-6-9)13-11(14)15-12(2,3)4/h8-10,14H,5-7H2,1-4H3,(H,13,15);5,10H,6-8H2,1-4H3,(H,13,14)/t8-,9-,10-;10-/m10/s1. The summed E-state index contributed by atoms with van der Waals surface area (Å²) in [5, 5.41) is 15.4. The van der Waals surface area contributed by atoms with Crippen molar-refractivity contribution in [3.05, 3.63) is 11.6 Å². The van der Waals surface area contributed by atoms with Crippen molar-refractivity contribution in [2.75, 3.05) is 0 Å². The highest BCUT2D eigenvalue weighted by molar-refractivity contribution is 5.68. The molecule has 2 aliphatic rings. The van der Waals surface area contributed by atoms with Crippen molar-refractivity contribution in [2.45, 2.75) is 123 Å². The lowest BCUT2D eigenvalue weighted by molar-refractivity contribution is 0.0369. The van der Waals surface area contributed by atoms with E-state index in [0.717, 1.165) is 32.1 Å². The minimum absolute atomic E-state index is 0.0426. The molecule has 0 unspecified atom stereocenters. The van der Waals surface area contributed by atoms with Crippen LogP contribution in [0.25, 0.3) is 0 Å². The van der Waals surface area contributed by atoms with E-state index < -0.39 is 11.2 Å². The quantitative estimate of drug-likeness (QED) is 0.521. The molecule has 0 aromatic rings. The Morgan fingerprint density at radius 2 is 1.45 bits per heavy atom. The molecule has 2 amide bonds. The Bertz CT molecular complexity index is 618. The van der Waals surface area contributed by atoms with Crippen LogP contribution in [-0.2, 0) is 9.47 Å². The van der Waals surface area contributed by atoms with Crippen molar-refractivity contribution in [1.82, 2.24) is 10.6 Å². The minimum atomic E-state index is -0.468. The van der Waals surface area contributed by atoms with Crippen LogP contribution in [0.1, 0.15) is 93.9 Å². The molecule has 1 fully saturated rings. The zero-order valence-electron chi connectivity index (χ0n) is 20.7. The van der Waals surface area contributed by atoms with Gasteiger partial charge in [-0.2, -0.15) is 0 Å². The number of hydrogen-bond acceptors (Lipinski definition) is 5. The minimum Gasteiger partial charge on any atom is -0.444 e. The zero-order chi connectivity index (χ0) is 23.8. The first kappa shape index (κ1) is 27.3. The van der Waals surface area contributed by atoms with Crippen molar-refractivity contribution in [2.24, 2.45) is 5.92 Å². The number of ether oxygens (including phenoxy) is 2. The van der Waals surface area contributed by atoms with Gasteiger partial charge < -0.3 is 25.2 Å². The maximum atomic E-state index is 11.5. The molecular formula is C24H44N2O5. The summed E-state index contributed by atoms with van der Waals surface area (Å²) in [6.45, 7) is 15.3. The largest absolute Gasteiger partial charge is 0.444 e. The van der Waals surface area contributed by atoms with Gasteiger partial charge in [0.15, 0.2) is 0 Å². The van der Waals surface area contributed by atoms with Crippen LogP contribution in [0.15, 0.2) is 11.6 Å². The fourth-order valence-corrected chi connectivity index (χ4v) is 3.47. The Morgan fingerprint density at radius 1 is 0.935 bits per heavy atom. The van der Waals surface area contributed by atoms with Crippen LogP contribution in [0, 0.1) is 5.92 Å². The molecule has 7 nitrogen and oxygen atoms in total. The lowest BCUT2D eigenvalue weighted by Gasteiger charge is -2.32. The van der Waals surface area contributed by atoms with Gasteiger partial charge in [0.2, 0.25) is 0 Å². The predicted molar refractivity (Wildman–Crippen MR) is 123 cm³/mol. The molecule has 31 heavy (non-hydrogen) atoms. The van der Waals surface area contributed by atoms with Gasteiger partial charge in [-0.05, 0) is 92.9 Å². The van der Waals surface area contributed by atoms with E-state index in [4.69, 9.17) is 9.47 Å². The molecule has 0 aromatic heterocycles. The van der Waals surface area contributed by atoms with E-state index in [1.165, 1.54) is 5.57 Å². The highest BCUT2D eigenvalue weighted by Crippen LogP contribution is 2.24. The van der Waals surface area contributed by atoms with Crippen LogP contribution in [0.5, 0.6) is 0 Å². The second-order valence-electron chi connectivity index (χ2n) is 10.9. The summed E-state index contributed by atoms with van der Waals surface area (Å²) < 4.78 is 10.4. The summed E-state index contributed by atoms with van der Waals surface area (Å²) in [5.74, 6) is 0.330. The lowest BCUT2D eigenvalue weighted by atomic mass is 9.85. The first-order valence-corrected chi connectivity index (χ1v) is 11.5. The number of aliphatic hydroxyl groups excluding tert-OH is 1. The Labute approximate surface area is 188 Å². The van der Waals surface area contributed by atoms with Gasteiger partial charge >= 0.3 is 12.2 Å². The Kier molecular flexibility index (Phi) is 10.3. The van der Waals surface area contributed by atoms with E-state index >= 15 is 0 Å². The third-order valence-corrected chi connectivity index (χ3v) is 5.23. The first-order valence-electron chi connectivity index (χ1n) is 11.5. The summed E-state index contributed by atoms with van der Waals surface area (Å²) in [6.07, 6.45) is 6.67. The van der Waals surface area contributed by atoms with Crippen molar-refractivity contribution >= 4 is 12.2 Å². The Balaban J connectivity index is 0.000000311. The van der Waals surface area contributed by atoms with Gasteiger partial charge in [0.25, 0.3) is 0 Å².